The fourth-order valence-electron chi connectivity index (χ4n) is 2.15. The van der Waals surface area contributed by atoms with Crippen LogP contribution in [0.4, 0.5) is 8.78 Å². The van der Waals surface area contributed by atoms with Crippen LogP contribution in [-0.4, -0.2) is 9.55 Å². The highest BCUT2D eigenvalue weighted by molar-refractivity contribution is 6.31. The fourth-order valence-corrected chi connectivity index (χ4v) is 2.50. The Kier molecular flexibility index (Phi) is 3.36. The molecule has 2 nitrogen and oxygen atoms in total. The Morgan fingerprint density at radius 1 is 1.05 bits per heavy atom. The van der Waals surface area contributed by atoms with Crippen LogP contribution in [0.3, 0.4) is 0 Å². The minimum atomic E-state index is -0.656. The molecule has 0 spiro atoms. The second-order valence-corrected chi connectivity index (χ2v) is 4.96. The summed E-state index contributed by atoms with van der Waals surface area (Å²) in [6.07, 6.45) is 0. The Morgan fingerprint density at radius 3 is 2.40 bits per heavy atom. The van der Waals surface area contributed by atoms with Gasteiger partial charge in [-0.2, -0.15) is 0 Å². The van der Waals surface area contributed by atoms with Gasteiger partial charge in [0.05, 0.1) is 22.6 Å². The molecule has 0 atom stereocenters. The Morgan fingerprint density at radius 2 is 1.75 bits per heavy atom. The fraction of sp³-hybridized carbons (Fsp3) is 0.0714. The second kappa shape index (κ2) is 5.04. The normalized spacial score (nSPS) is 11.2. The first-order chi connectivity index (χ1) is 9.58. The van der Waals surface area contributed by atoms with Crippen LogP contribution < -0.4 is 0 Å². The molecule has 102 valence electrons. The zero-order valence-electron chi connectivity index (χ0n) is 10.1. The number of imidazole rings is 1. The van der Waals surface area contributed by atoms with Gasteiger partial charge in [0.2, 0.25) is 0 Å². The maximum Gasteiger partial charge on any atom is 0.129 e. The number of fused-ring (bicyclic) bond motifs is 1. The van der Waals surface area contributed by atoms with Crippen molar-refractivity contribution in [2.75, 3.05) is 0 Å². The van der Waals surface area contributed by atoms with E-state index in [4.69, 9.17) is 23.2 Å². The van der Waals surface area contributed by atoms with Gasteiger partial charge < -0.3 is 0 Å². The van der Waals surface area contributed by atoms with Gasteiger partial charge in [0.1, 0.15) is 17.5 Å². The molecule has 0 saturated heterocycles. The summed E-state index contributed by atoms with van der Waals surface area (Å²) in [7, 11) is 0. The van der Waals surface area contributed by atoms with Crippen molar-refractivity contribution >= 4 is 34.2 Å². The van der Waals surface area contributed by atoms with Crippen LogP contribution in [0.25, 0.3) is 16.7 Å². The summed E-state index contributed by atoms with van der Waals surface area (Å²) in [6, 6.07) is 8.39. The Labute approximate surface area is 123 Å². The van der Waals surface area contributed by atoms with Crippen LogP contribution in [0.2, 0.25) is 5.02 Å². The van der Waals surface area contributed by atoms with Crippen molar-refractivity contribution in [1.82, 2.24) is 9.55 Å². The minimum Gasteiger partial charge on any atom is -0.295 e. The molecule has 2 aromatic carbocycles. The molecule has 0 bridgehead atoms. The lowest BCUT2D eigenvalue weighted by Crippen LogP contribution is -2.00. The minimum absolute atomic E-state index is 0.116. The van der Waals surface area contributed by atoms with Crippen LogP contribution in [0.15, 0.2) is 36.4 Å². The van der Waals surface area contributed by atoms with Crippen molar-refractivity contribution in [3.05, 3.63) is 58.9 Å². The van der Waals surface area contributed by atoms with E-state index < -0.39 is 11.6 Å². The standard InChI is InChI=1S/C14H8Cl2F2N2/c15-7-14-19-12-3-8(16)1-2-13(12)20(14)11-5-9(17)4-10(18)6-11/h1-6H,7H2. The molecule has 0 unspecified atom stereocenters. The van der Waals surface area contributed by atoms with Crippen LogP contribution in [0, 0.1) is 11.6 Å². The molecule has 20 heavy (non-hydrogen) atoms. The SMILES string of the molecule is Fc1cc(F)cc(-n2c(CCl)nc3cc(Cl)ccc32)c1. The van der Waals surface area contributed by atoms with E-state index in [1.807, 2.05) is 0 Å². The third kappa shape index (κ3) is 2.25. The van der Waals surface area contributed by atoms with Gasteiger partial charge in [-0.3, -0.25) is 4.57 Å². The van der Waals surface area contributed by atoms with Gasteiger partial charge in [-0.25, -0.2) is 13.8 Å². The summed E-state index contributed by atoms with van der Waals surface area (Å²) in [5.41, 5.74) is 1.65. The highest BCUT2D eigenvalue weighted by Crippen LogP contribution is 2.26. The first-order valence-electron chi connectivity index (χ1n) is 5.78. The van der Waals surface area contributed by atoms with Crippen molar-refractivity contribution < 1.29 is 8.78 Å². The topological polar surface area (TPSA) is 17.8 Å². The molecule has 0 aliphatic carbocycles. The molecule has 0 radical (unpaired) electrons. The van der Waals surface area contributed by atoms with Crippen LogP contribution in [0.1, 0.15) is 5.82 Å². The maximum atomic E-state index is 13.4. The zero-order valence-corrected chi connectivity index (χ0v) is 11.6. The Hall–Kier alpha value is -1.65. The lowest BCUT2D eigenvalue weighted by atomic mass is 10.2. The quantitative estimate of drug-likeness (QED) is 0.627. The molecule has 0 N–H and O–H groups in total. The van der Waals surface area contributed by atoms with Crippen molar-refractivity contribution in [3.63, 3.8) is 0 Å². The number of alkyl halides is 1. The van der Waals surface area contributed by atoms with E-state index in [1.54, 1.807) is 22.8 Å². The van der Waals surface area contributed by atoms with Gasteiger partial charge in [-0.1, -0.05) is 11.6 Å². The van der Waals surface area contributed by atoms with Gasteiger partial charge in [0.25, 0.3) is 0 Å². The summed E-state index contributed by atoms with van der Waals surface area (Å²) in [5.74, 6) is -0.702. The van der Waals surface area contributed by atoms with E-state index in [1.165, 1.54) is 12.1 Å². The van der Waals surface area contributed by atoms with E-state index in [2.05, 4.69) is 4.98 Å². The zero-order chi connectivity index (χ0) is 14.3. The lowest BCUT2D eigenvalue weighted by molar-refractivity contribution is 0.581. The van der Waals surface area contributed by atoms with Crippen molar-refractivity contribution in [3.8, 4) is 5.69 Å². The number of benzene rings is 2. The third-order valence-electron chi connectivity index (χ3n) is 2.91. The summed E-state index contributed by atoms with van der Waals surface area (Å²) in [6.45, 7) is 0. The summed E-state index contributed by atoms with van der Waals surface area (Å²) < 4.78 is 28.4. The number of rotatable bonds is 2. The number of halogens is 4. The van der Waals surface area contributed by atoms with Crippen LogP contribution >= 0.6 is 23.2 Å². The molecular weight excluding hydrogens is 305 g/mol. The molecule has 1 aromatic heterocycles. The maximum absolute atomic E-state index is 13.4. The third-order valence-corrected chi connectivity index (χ3v) is 3.39. The number of aromatic nitrogens is 2. The predicted octanol–water partition coefficient (Wildman–Crippen LogP) is 4.70. The summed E-state index contributed by atoms with van der Waals surface area (Å²) >= 11 is 11.8. The molecule has 0 aliphatic heterocycles. The van der Waals surface area contributed by atoms with Gasteiger partial charge in [-0.15, -0.1) is 11.6 Å². The molecule has 1 heterocycles. The van der Waals surface area contributed by atoms with Crippen LogP contribution in [-0.2, 0) is 5.88 Å². The second-order valence-electron chi connectivity index (χ2n) is 4.26. The molecular formula is C14H8Cl2F2N2. The molecule has 0 aliphatic rings. The summed E-state index contributed by atoms with van der Waals surface area (Å²) in [4.78, 5) is 4.33. The highest BCUT2D eigenvalue weighted by atomic mass is 35.5. The molecule has 3 rings (SSSR count). The van der Waals surface area contributed by atoms with E-state index in [-0.39, 0.29) is 5.88 Å². The van der Waals surface area contributed by atoms with E-state index >= 15 is 0 Å². The Balaban J connectivity index is 2.33. The predicted molar refractivity (Wildman–Crippen MR) is 75.6 cm³/mol. The first-order valence-corrected chi connectivity index (χ1v) is 6.69. The molecule has 0 amide bonds. The van der Waals surface area contributed by atoms with Crippen molar-refractivity contribution in [1.29, 1.82) is 0 Å². The van der Waals surface area contributed by atoms with Gasteiger partial charge in [0, 0.05) is 11.1 Å². The molecule has 3 aromatic rings. The average Bonchev–Trinajstić information content (AvgIpc) is 2.74. The van der Waals surface area contributed by atoms with E-state index in [0.717, 1.165) is 6.07 Å². The number of hydrogen-bond donors (Lipinski definition) is 0. The molecule has 6 heteroatoms. The molecule has 0 saturated carbocycles. The van der Waals surface area contributed by atoms with Crippen molar-refractivity contribution in [2.24, 2.45) is 0 Å². The summed E-state index contributed by atoms with van der Waals surface area (Å²) in [5, 5.41) is 0.536. The lowest BCUT2D eigenvalue weighted by Gasteiger charge is -2.08. The van der Waals surface area contributed by atoms with Gasteiger partial charge >= 0.3 is 0 Å². The van der Waals surface area contributed by atoms with E-state index in [9.17, 15) is 8.78 Å². The van der Waals surface area contributed by atoms with E-state index in [0.29, 0.717) is 27.6 Å². The molecule has 0 fully saturated rings. The highest BCUT2D eigenvalue weighted by Gasteiger charge is 2.13. The first kappa shape index (κ1) is 13.3. The van der Waals surface area contributed by atoms with Gasteiger partial charge in [-0.05, 0) is 30.3 Å². The van der Waals surface area contributed by atoms with Gasteiger partial charge in [0.15, 0.2) is 0 Å². The number of hydrogen-bond acceptors (Lipinski definition) is 1. The monoisotopic (exact) mass is 312 g/mol. The Bertz CT molecular complexity index is 779. The number of nitrogens with zero attached hydrogens (tertiary/aromatic N) is 2. The largest absolute Gasteiger partial charge is 0.295 e. The van der Waals surface area contributed by atoms with Crippen LogP contribution in [0.5, 0.6) is 0 Å². The van der Waals surface area contributed by atoms with Crippen molar-refractivity contribution in [2.45, 2.75) is 5.88 Å². The smallest absolute Gasteiger partial charge is 0.129 e. The average molecular weight is 313 g/mol.